The summed E-state index contributed by atoms with van der Waals surface area (Å²) in [5, 5.41) is 17.8. The van der Waals surface area contributed by atoms with Crippen LogP contribution in [-0.2, 0) is 19.6 Å². The van der Waals surface area contributed by atoms with Gasteiger partial charge in [0.1, 0.15) is 6.04 Å². The molecule has 0 bridgehead atoms. The fourth-order valence-corrected chi connectivity index (χ4v) is 3.35. The van der Waals surface area contributed by atoms with Gasteiger partial charge in [0, 0.05) is 11.4 Å². The summed E-state index contributed by atoms with van der Waals surface area (Å²) in [4.78, 5) is 21.4. The predicted octanol–water partition coefficient (Wildman–Crippen LogP) is 1.24. The maximum atomic E-state index is 12.2. The van der Waals surface area contributed by atoms with Crippen LogP contribution in [0.5, 0.6) is 0 Å². The Labute approximate surface area is 126 Å². The van der Waals surface area contributed by atoms with Gasteiger partial charge in [-0.2, -0.15) is 4.72 Å². The van der Waals surface area contributed by atoms with Crippen LogP contribution in [0.25, 0.3) is 0 Å². The van der Waals surface area contributed by atoms with E-state index in [1.807, 2.05) is 4.72 Å². The number of hydrogen-bond acceptors (Lipinski definition) is 4. The monoisotopic (exact) mass is 335 g/mol. The average molecular weight is 336 g/mol. The Balaban J connectivity index is 3.03. The number of halogens is 1. The molecule has 0 saturated carbocycles. The maximum absolute atomic E-state index is 12.2. The zero-order valence-electron chi connectivity index (χ0n) is 11.0. The van der Waals surface area contributed by atoms with E-state index in [0.717, 1.165) is 0 Å². The Bertz CT molecular complexity index is 658. The fraction of sp³-hybridized carbons (Fsp3) is 0.333. The van der Waals surface area contributed by atoms with Gasteiger partial charge in [0.2, 0.25) is 10.0 Å². The molecule has 0 fully saturated rings. The van der Waals surface area contributed by atoms with Crippen LogP contribution in [0.4, 0.5) is 0 Å². The predicted molar refractivity (Wildman–Crippen MR) is 74.8 cm³/mol. The van der Waals surface area contributed by atoms with Crippen LogP contribution in [0.2, 0.25) is 5.02 Å². The third-order valence-electron chi connectivity index (χ3n) is 2.75. The van der Waals surface area contributed by atoms with Gasteiger partial charge < -0.3 is 10.2 Å². The SMILES string of the molecule is Cc1c(Cl)cccc1S(=O)(=O)NC(CCC(=O)O)C(=O)O. The van der Waals surface area contributed by atoms with Gasteiger partial charge in [-0.3, -0.25) is 9.59 Å². The first-order valence-corrected chi connectivity index (χ1v) is 7.73. The number of benzene rings is 1. The van der Waals surface area contributed by atoms with E-state index in [1.165, 1.54) is 25.1 Å². The Kier molecular flexibility index (Phi) is 5.70. The zero-order valence-corrected chi connectivity index (χ0v) is 12.6. The third-order valence-corrected chi connectivity index (χ3v) is 4.78. The summed E-state index contributed by atoms with van der Waals surface area (Å²) in [6, 6.07) is 2.70. The van der Waals surface area contributed by atoms with Gasteiger partial charge in [0.25, 0.3) is 0 Å². The molecule has 0 aliphatic heterocycles. The number of carbonyl (C=O) groups is 2. The Morgan fingerprint density at radius 2 is 1.95 bits per heavy atom. The molecule has 0 aromatic heterocycles. The Hall–Kier alpha value is -1.64. The standard InChI is InChI=1S/C12H14ClNO6S/c1-7-8(13)3-2-4-10(7)21(19,20)14-9(12(17)18)5-6-11(15)16/h2-4,9,14H,5-6H2,1H3,(H,15,16)(H,17,18). The molecule has 0 saturated heterocycles. The highest BCUT2D eigenvalue weighted by Gasteiger charge is 2.27. The second-order valence-corrected chi connectivity index (χ2v) is 6.40. The van der Waals surface area contributed by atoms with Gasteiger partial charge in [0.05, 0.1) is 4.90 Å². The van der Waals surface area contributed by atoms with Gasteiger partial charge in [0.15, 0.2) is 0 Å². The van der Waals surface area contributed by atoms with Gasteiger partial charge in [-0.05, 0) is 31.0 Å². The van der Waals surface area contributed by atoms with Crippen molar-refractivity contribution in [3.8, 4) is 0 Å². The highest BCUT2D eigenvalue weighted by Crippen LogP contribution is 2.23. The molecule has 1 unspecified atom stereocenters. The van der Waals surface area contributed by atoms with Crippen molar-refractivity contribution in [3.05, 3.63) is 28.8 Å². The molecular weight excluding hydrogens is 322 g/mol. The van der Waals surface area contributed by atoms with E-state index in [4.69, 9.17) is 21.8 Å². The fourth-order valence-electron chi connectivity index (χ4n) is 1.63. The Morgan fingerprint density at radius 3 is 2.48 bits per heavy atom. The minimum atomic E-state index is -4.11. The highest BCUT2D eigenvalue weighted by molar-refractivity contribution is 7.89. The van der Waals surface area contributed by atoms with Gasteiger partial charge in [-0.25, -0.2) is 8.42 Å². The van der Waals surface area contributed by atoms with Gasteiger partial charge in [-0.1, -0.05) is 17.7 Å². The van der Waals surface area contributed by atoms with E-state index >= 15 is 0 Å². The minimum absolute atomic E-state index is 0.142. The Morgan fingerprint density at radius 1 is 1.33 bits per heavy atom. The lowest BCUT2D eigenvalue weighted by molar-refractivity contribution is -0.140. The van der Waals surface area contributed by atoms with Crippen molar-refractivity contribution in [2.75, 3.05) is 0 Å². The summed E-state index contributed by atoms with van der Waals surface area (Å²) in [6.07, 6.45) is -0.822. The van der Waals surface area contributed by atoms with Crippen LogP contribution in [0, 0.1) is 6.92 Å². The molecule has 1 aromatic rings. The van der Waals surface area contributed by atoms with Gasteiger partial charge in [-0.15, -0.1) is 0 Å². The molecule has 0 heterocycles. The van der Waals surface area contributed by atoms with E-state index in [1.54, 1.807) is 0 Å². The quantitative estimate of drug-likeness (QED) is 0.689. The van der Waals surface area contributed by atoms with Crippen molar-refractivity contribution in [3.63, 3.8) is 0 Å². The van der Waals surface area contributed by atoms with Crippen LogP contribution in [0.15, 0.2) is 23.1 Å². The van der Waals surface area contributed by atoms with E-state index in [0.29, 0.717) is 0 Å². The maximum Gasteiger partial charge on any atom is 0.321 e. The normalized spacial score (nSPS) is 12.9. The molecule has 0 amide bonds. The van der Waals surface area contributed by atoms with Crippen molar-refractivity contribution in [2.45, 2.75) is 30.7 Å². The molecule has 0 spiro atoms. The lowest BCUT2D eigenvalue weighted by atomic mass is 10.2. The molecule has 1 atom stereocenters. The van der Waals surface area contributed by atoms with Crippen LogP contribution in [0.1, 0.15) is 18.4 Å². The van der Waals surface area contributed by atoms with Crippen LogP contribution < -0.4 is 4.72 Å². The summed E-state index contributed by atoms with van der Waals surface area (Å²) in [5.74, 6) is -2.65. The van der Waals surface area contributed by atoms with Crippen molar-refractivity contribution in [1.29, 1.82) is 0 Å². The molecular formula is C12H14ClNO6S. The van der Waals surface area contributed by atoms with Crippen LogP contribution in [-0.4, -0.2) is 36.6 Å². The van der Waals surface area contributed by atoms with Crippen molar-refractivity contribution in [1.82, 2.24) is 4.72 Å². The summed E-state index contributed by atoms with van der Waals surface area (Å²) in [6.45, 7) is 1.49. The van der Waals surface area contributed by atoms with E-state index < -0.39 is 34.4 Å². The van der Waals surface area contributed by atoms with Crippen LogP contribution >= 0.6 is 11.6 Å². The minimum Gasteiger partial charge on any atom is -0.481 e. The number of sulfonamides is 1. The van der Waals surface area contributed by atoms with Crippen molar-refractivity contribution >= 4 is 33.6 Å². The molecule has 0 radical (unpaired) electrons. The molecule has 1 aromatic carbocycles. The zero-order chi connectivity index (χ0) is 16.2. The highest BCUT2D eigenvalue weighted by atomic mass is 35.5. The number of nitrogens with one attached hydrogen (secondary N) is 1. The molecule has 3 N–H and O–H groups in total. The first kappa shape index (κ1) is 17.4. The third kappa shape index (κ3) is 4.69. The second-order valence-electron chi connectivity index (χ2n) is 4.31. The number of carboxylic acid groups (broad SMARTS) is 2. The summed E-state index contributed by atoms with van der Waals surface area (Å²) in [7, 11) is -4.11. The smallest absolute Gasteiger partial charge is 0.321 e. The first-order chi connectivity index (χ1) is 9.65. The number of hydrogen-bond donors (Lipinski definition) is 3. The van der Waals surface area contributed by atoms with Gasteiger partial charge >= 0.3 is 11.9 Å². The number of carboxylic acids is 2. The summed E-state index contributed by atoms with van der Waals surface area (Å²) >= 11 is 5.84. The van der Waals surface area contributed by atoms with Crippen LogP contribution in [0.3, 0.4) is 0 Å². The molecule has 0 aliphatic rings. The molecule has 1 rings (SSSR count). The molecule has 9 heteroatoms. The number of rotatable bonds is 7. The topological polar surface area (TPSA) is 121 Å². The summed E-state index contributed by atoms with van der Waals surface area (Å²) < 4.78 is 26.4. The second kappa shape index (κ2) is 6.88. The first-order valence-electron chi connectivity index (χ1n) is 5.87. The lowest BCUT2D eigenvalue weighted by Crippen LogP contribution is -2.41. The molecule has 0 aliphatic carbocycles. The van der Waals surface area contributed by atoms with Crippen molar-refractivity contribution < 1.29 is 28.2 Å². The summed E-state index contributed by atoms with van der Waals surface area (Å²) in [5.41, 5.74) is 0.286. The molecule has 7 nitrogen and oxygen atoms in total. The van der Waals surface area contributed by atoms with E-state index in [9.17, 15) is 18.0 Å². The molecule has 116 valence electrons. The van der Waals surface area contributed by atoms with Crippen molar-refractivity contribution in [2.24, 2.45) is 0 Å². The lowest BCUT2D eigenvalue weighted by Gasteiger charge is -2.15. The van der Waals surface area contributed by atoms with E-state index in [-0.39, 0.29) is 21.9 Å². The largest absolute Gasteiger partial charge is 0.481 e. The average Bonchev–Trinajstić information content (AvgIpc) is 2.37. The van der Waals surface area contributed by atoms with E-state index in [2.05, 4.69) is 0 Å². The molecule has 21 heavy (non-hydrogen) atoms. The number of aliphatic carboxylic acids is 2.